The van der Waals surface area contributed by atoms with Crippen LogP contribution in [0, 0.1) is 13.8 Å². The highest BCUT2D eigenvalue weighted by Crippen LogP contribution is 2.23. The highest BCUT2D eigenvalue weighted by atomic mass is 35.5. The normalized spacial score (nSPS) is 11.2. The minimum Gasteiger partial charge on any atom is -0.354 e. The molecule has 27 heavy (non-hydrogen) atoms. The van der Waals surface area contributed by atoms with Crippen LogP contribution in [0.25, 0.3) is 5.13 Å². The number of thiazole rings is 1. The minimum absolute atomic E-state index is 0.0151. The van der Waals surface area contributed by atoms with Crippen LogP contribution in [0.2, 0.25) is 5.02 Å². The first-order chi connectivity index (χ1) is 12.8. The van der Waals surface area contributed by atoms with E-state index < -0.39 is 0 Å². The zero-order valence-electron chi connectivity index (χ0n) is 15.9. The van der Waals surface area contributed by atoms with Crippen LogP contribution in [0.1, 0.15) is 42.1 Å². The number of carbonyl (C=O) groups excluding carboxylic acids is 1. The Labute approximate surface area is 168 Å². The SMILES string of the molecule is Cc1nn(-c2nc(CC(=O)NC(C)C)cs2)c(C)c1Cc1ccc(Cl)cc1. The molecule has 1 N–H and O–H groups in total. The molecule has 0 atom stereocenters. The Hall–Kier alpha value is -2.18. The van der Waals surface area contributed by atoms with Crippen molar-refractivity contribution in [2.75, 3.05) is 0 Å². The molecule has 0 saturated carbocycles. The van der Waals surface area contributed by atoms with Gasteiger partial charge in [0, 0.05) is 34.1 Å². The van der Waals surface area contributed by atoms with Crippen molar-refractivity contribution in [1.82, 2.24) is 20.1 Å². The maximum absolute atomic E-state index is 11.9. The van der Waals surface area contributed by atoms with Crippen molar-refractivity contribution < 1.29 is 4.79 Å². The lowest BCUT2D eigenvalue weighted by atomic mass is 10.0. The Balaban J connectivity index is 1.80. The first kappa shape index (κ1) is 19.6. The summed E-state index contributed by atoms with van der Waals surface area (Å²) in [4.78, 5) is 16.5. The number of amides is 1. The van der Waals surface area contributed by atoms with Crippen molar-refractivity contribution in [2.24, 2.45) is 0 Å². The predicted octanol–water partition coefficient (Wildman–Crippen LogP) is 4.26. The fourth-order valence-corrected chi connectivity index (χ4v) is 3.89. The molecule has 2 heterocycles. The third-order valence-electron chi connectivity index (χ3n) is 4.25. The van der Waals surface area contributed by atoms with E-state index in [9.17, 15) is 4.79 Å². The molecule has 0 unspecified atom stereocenters. The second kappa shape index (κ2) is 8.23. The van der Waals surface area contributed by atoms with Gasteiger partial charge in [0.05, 0.1) is 17.8 Å². The molecule has 0 radical (unpaired) electrons. The second-order valence-electron chi connectivity index (χ2n) is 6.88. The van der Waals surface area contributed by atoms with Crippen LogP contribution in [0.5, 0.6) is 0 Å². The molecule has 1 aromatic carbocycles. The number of aryl methyl sites for hydroxylation is 1. The van der Waals surface area contributed by atoms with Gasteiger partial charge in [-0.3, -0.25) is 4.79 Å². The Morgan fingerprint density at radius 2 is 1.96 bits per heavy atom. The molecule has 7 heteroatoms. The molecule has 0 bridgehead atoms. The molecule has 3 aromatic rings. The van der Waals surface area contributed by atoms with E-state index in [1.165, 1.54) is 22.5 Å². The van der Waals surface area contributed by atoms with Crippen molar-refractivity contribution in [1.29, 1.82) is 0 Å². The molecule has 0 aliphatic carbocycles. The predicted molar refractivity (Wildman–Crippen MR) is 110 cm³/mol. The molecule has 0 aliphatic heterocycles. The standard InChI is InChI=1S/C20H23ClN4OS/c1-12(2)22-19(26)10-17-11-27-20(23-17)25-14(4)18(13(3)24-25)9-15-5-7-16(21)8-6-15/h5-8,11-12H,9-10H2,1-4H3,(H,22,26). The second-order valence-corrected chi connectivity index (χ2v) is 8.16. The van der Waals surface area contributed by atoms with Gasteiger partial charge in [-0.15, -0.1) is 11.3 Å². The van der Waals surface area contributed by atoms with E-state index in [0.717, 1.165) is 33.7 Å². The maximum atomic E-state index is 11.9. The third kappa shape index (κ3) is 4.76. The van der Waals surface area contributed by atoms with Crippen molar-refractivity contribution in [3.63, 3.8) is 0 Å². The van der Waals surface area contributed by atoms with Gasteiger partial charge in [0.2, 0.25) is 11.0 Å². The van der Waals surface area contributed by atoms with E-state index in [4.69, 9.17) is 11.6 Å². The Kier molecular flexibility index (Phi) is 5.97. The molecule has 0 fully saturated rings. The Morgan fingerprint density at radius 3 is 2.63 bits per heavy atom. The molecule has 5 nitrogen and oxygen atoms in total. The van der Waals surface area contributed by atoms with E-state index in [-0.39, 0.29) is 18.4 Å². The Morgan fingerprint density at radius 1 is 1.26 bits per heavy atom. The van der Waals surface area contributed by atoms with Crippen LogP contribution >= 0.6 is 22.9 Å². The fourth-order valence-electron chi connectivity index (χ4n) is 2.94. The van der Waals surface area contributed by atoms with Gasteiger partial charge in [-0.1, -0.05) is 23.7 Å². The van der Waals surface area contributed by atoms with Crippen molar-refractivity contribution >= 4 is 28.8 Å². The van der Waals surface area contributed by atoms with Gasteiger partial charge < -0.3 is 5.32 Å². The van der Waals surface area contributed by atoms with Gasteiger partial charge in [-0.2, -0.15) is 5.10 Å². The molecule has 0 spiro atoms. The Bertz CT molecular complexity index is 944. The first-order valence-corrected chi connectivity index (χ1v) is 10.1. The molecular weight excluding hydrogens is 380 g/mol. The maximum Gasteiger partial charge on any atom is 0.226 e. The van der Waals surface area contributed by atoms with Gasteiger partial charge in [-0.05, 0) is 45.4 Å². The average Bonchev–Trinajstić information content (AvgIpc) is 3.15. The quantitative estimate of drug-likeness (QED) is 0.670. The van der Waals surface area contributed by atoms with Crippen molar-refractivity contribution in [3.8, 4) is 5.13 Å². The lowest BCUT2D eigenvalue weighted by molar-refractivity contribution is -0.120. The molecule has 1 amide bonds. The summed E-state index contributed by atoms with van der Waals surface area (Å²) >= 11 is 7.48. The summed E-state index contributed by atoms with van der Waals surface area (Å²) in [5.74, 6) is -0.0151. The number of nitrogens with one attached hydrogen (secondary N) is 1. The lowest BCUT2D eigenvalue weighted by Gasteiger charge is -2.06. The van der Waals surface area contributed by atoms with Gasteiger partial charge in [0.15, 0.2) is 0 Å². The number of halogens is 1. The largest absolute Gasteiger partial charge is 0.354 e. The van der Waals surface area contributed by atoms with E-state index in [2.05, 4.69) is 22.3 Å². The zero-order chi connectivity index (χ0) is 19.6. The summed E-state index contributed by atoms with van der Waals surface area (Å²) in [6, 6.07) is 8.01. The topological polar surface area (TPSA) is 59.8 Å². The summed E-state index contributed by atoms with van der Waals surface area (Å²) in [5, 5.41) is 11.0. The average molecular weight is 403 g/mol. The highest BCUT2D eigenvalue weighted by molar-refractivity contribution is 7.12. The zero-order valence-corrected chi connectivity index (χ0v) is 17.5. The monoisotopic (exact) mass is 402 g/mol. The van der Waals surface area contributed by atoms with Gasteiger partial charge >= 0.3 is 0 Å². The van der Waals surface area contributed by atoms with Gasteiger partial charge in [0.1, 0.15) is 0 Å². The molecule has 0 aliphatic rings. The summed E-state index contributed by atoms with van der Waals surface area (Å²) in [6.07, 6.45) is 1.08. The lowest BCUT2D eigenvalue weighted by Crippen LogP contribution is -2.31. The van der Waals surface area contributed by atoms with E-state index in [1.807, 2.05) is 55.1 Å². The van der Waals surface area contributed by atoms with Gasteiger partial charge in [0.25, 0.3) is 0 Å². The van der Waals surface area contributed by atoms with E-state index in [1.54, 1.807) is 0 Å². The van der Waals surface area contributed by atoms with Crippen LogP contribution in [0.4, 0.5) is 0 Å². The van der Waals surface area contributed by atoms with E-state index in [0.29, 0.717) is 0 Å². The summed E-state index contributed by atoms with van der Waals surface area (Å²) in [7, 11) is 0. The molecule has 0 saturated heterocycles. The number of hydrogen-bond donors (Lipinski definition) is 1. The van der Waals surface area contributed by atoms with Crippen LogP contribution in [0.3, 0.4) is 0 Å². The minimum atomic E-state index is -0.0151. The number of carbonyl (C=O) groups is 1. The van der Waals surface area contributed by atoms with Crippen LogP contribution in [0.15, 0.2) is 29.6 Å². The highest BCUT2D eigenvalue weighted by Gasteiger charge is 2.16. The van der Waals surface area contributed by atoms with E-state index >= 15 is 0 Å². The third-order valence-corrected chi connectivity index (χ3v) is 5.36. The molecular formula is C20H23ClN4OS. The van der Waals surface area contributed by atoms with Crippen LogP contribution in [-0.4, -0.2) is 26.7 Å². The number of rotatable bonds is 6. The number of benzene rings is 1. The van der Waals surface area contributed by atoms with Crippen molar-refractivity contribution in [2.45, 2.75) is 46.6 Å². The number of aromatic nitrogens is 3. The molecule has 142 valence electrons. The smallest absolute Gasteiger partial charge is 0.226 e. The molecule has 2 aromatic heterocycles. The van der Waals surface area contributed by atoms with Crippen LogP contribution in [-0.2, 0) is 17.6 Å². The van der Waals surface area contributed by atoms with Gasteiger partial charge in [-0.25, -0.2) is 9.67 Å². The summed E-state index contributed by atoms with van der Waals surface area (Å²) < 4.78 is 1.87. The summed E-state index contributed by atoms with van der Waals surface area (Å²) in [6.45, 7) is 7.96. The number of nitrogens with zero attached hydrogens (tertiary/aromatic N) is 3. The number of hydrogen-bond acceptors (Lipinski definition) is 4. The van der Waals surface area contributed by atoms with Crippen molar-refractivity contribution in [3.05, 3.63) is 62.9 Å². The fraction of sp³-hybridized carbons (Fsp3) is 0.350. The first-order valence-electron chi connectivity index (χ1n) is 8.87. The summed E-state index contributed by atoms with van der Waals surface area (Å²) in [5.41, 5.74) is 5.19. The van der Waals surface area contributed by atoms with Crippen LogP contribution < -0.4 is 5.32 Å². The molecule has 3 rings (SSSR count).